The zero-order valence-corrected chi connectivity index (χ0v) is 23.6. The minimum Gasteiger partial charge on any atom is -0.443 e. The van der Waals surface area contributed by atoms with E-state index in [0.29, 0.717) is 34.9 Å². The SMILES string of the molecule is Cc1ncc(C(=O)Nc2ccnc(CCN(C(=O)OC(C)(C)C)c3ccccc3)c2)c(-c2ccc(C(F)(F)F)cc2)n1. The molecule has 42 heavy (non-hydrogen) atoms. The molecule has 2 aromatic heterocycles. The predicted molar refractivity (Wildman–Crippen MR) is 153 cm³/mol. The van der Waals surface area contributed by atoms with Crippen LogP contribution in [0.1, 0.15) is 48.2 Å². The van der Waals surface area contributed by atoms with Crippen LogP contribution in [0.15, 0.2) is 79.1 Å². The number of nitrogens with zero attached hydrogens (tertiary/aromatic N) is 4. The molecule has 4 rings (SSSR count). The summed E-state index contributed by atoms with van der Waals surface area (Å²) in [6, 6.07) is 16.9. The molecular formula is C31H30F3N5O3. The number of ether oxygens (including phenoxy) is 1. The zero-order chi connectivity index (χ0) is 30.5. The molecule has 11 heteroatoms. The molecule has 0 atom stereocenters. The van der Waals surface area contributed by atoms with Crippen molar-refractivity contribution < 1.29 is 27.5 Å². The summed E-state index contributed by atoms with van der Waals surface area (Å²) in [5.41, 5.74) is 0.893. The van der Waals surface area contributed by atoms with Gasteiger partial charge in [-0.1, -0.05) is 30.3 Å². The Morgan fingerprint density at radius 1 is 0.952 bits per heavy atom. The number of aryl methyl sites for hydroxylation is 1. The van der Waals surface area contributed by atoms with E-state index in [-0.39, 0.29) is 17.8 Å². The Bertz CT molecular complexity index is 1550. The van der Waals surface area contributed by atoms with Gasteiger partial charge in [0, 0.05) is 48.0 Å². The van der Waals surface area contributed by atoms with Crippen molar-refractivity contribution in [3.8, 4) is 11.3 Å². The van der Waals surface area contributed by atoms with Crippen molar-refractivity contribution in [2.45, 2.75) is 45.9 Å². The van der Waals surface area contributed by atoms with Crippen LogP contribution in [0.5, 0.6) is 0 Å². The number of anilines is 2. The van der Waals surface area contributed by atoms with Crippen molar-refractivity contribution in [1.29, 1.82) is 0 Å². The van der Waals surface area contributed by atoms with Crippen molar-refractivity contribution in [3.63, 3.8) is 0 Å². The number of amides is 2. The largest absolute Gasteiger partial charge is 0.443 e. The standard InChI is InChI=1S/C31H30F3N5O3/c1-20-36-19-26(27(37-20)21-10-12-22(13-11-21)31(32,33)34)28(40)38-24-14-16-35-23(18-24)15-17-39(25-8-6-5-7-9-25)29(41)42-30(2,3)4/h5-14,16,18-19H,15,17H2,1-4H3,(H,35,38,40). The molecule has 0 aliphatic rings. The first-order chi connectivity index (χ1) is 19.8. The normalized spacial score (nSPS) is 11.6. The Kier molecular flexibility index (Phi) is 8.89. The second-order valence-corrected chi connectivity index (χ2v) is 10.5. The fourth-order valence-electron chi connectivity index (χ4n) is 4.04. The van der Waals surface area contributed by atoms with Crippen LogP contribution in [-0.4, -0.2) is 39.1 Å². The number of carbonyl (C=O) groups is 2. The summed E-state index contributed by atoms with van der Waals surface area (Å²) < 4.78 is 44.7. The number of alkyl halides is 3. The molecule has 2 amide bonds. The van der Waals surface area contributed by atoms with Crippen LogP contribution < -0.4 is 10.2 Å². The third-order valence-electron chi connectivity index (χ3n) is 5.99. The Hall–Kier alpha value is -4.80. The summed E-state index contributed by atoms with van der Waals surface area (Å²) in [5, 5.41) is 2.79. The van der Waals surface area contributed by atoms with Crippen LogP contribution in [0.2, 0.25) is 0 Å². The van der Waals surface area contributed by atoms with E-state index in [4.69, 9.17) is 4.74 Å². The topological polar surface area (TPSA) is 97.3 Å². The van der Waals surface area contributed by atoms with Gasteiger partial charge >= 0.3 is 12.3 Å². The van der Waals surface area contributed by atoms with E-state index in [2.05, 4.69) is 20.3 Å². The van der Waals surface area contributed by atoms with Crippen LogP contribution in [0.4, 0.5) is 29.3 Å². The monoisotopic (exact) mass is 577 g/mol. The summed E-state index contributed by atoms with van der Waals surface area (Å²) in [5.74, 6) is -0.178. The molecule has 0 fully saturated rings. The number of pyridine rings is 1. The van der Waals surface area contributed by atoms with Gasteiger partial charge < -0.3 is 10.1 Å². The van der Waals surface area contributed by atoms with Crippen LogP contribution in [0.25, 0.3) is 11.3 Å². The molecular weight excluding hydrogens is 547 g/mol. The number of benzene rings is 2. The zero-order valence-electron chi connectivity index (χ0n) is 23.6. The van der Waals surface area contributed by atoms with Gasteiger partial charge in [-0.15, -0.1) is 0 Å². The molecule has 0 saturated heterocycles. The van der Waals surface area contributed by atoms with E-state index in [1.54, 1.807) is 39.8 Å². The van der Waals surface area contributed by atoms with E-state index >= 15 is 0 Å². The number of aromatic nitrogens is 3. The van der Waals surface area contributed by atoms with Crippen molar-refractivity contribution in [2.24, 2.45) is 0 Å². The molecule has 0 aliphatic heterocycles. The summed E-state index contributed by atoms with van der Waals surface area (Å²) in [4.78, 5) is 40.5. The summed E-state index contributed by atoms with van der Waals surface area (Å²) in [7, 11) is 0. The highest BCUT2D eigenvalue weighted by molar-refractivity contribution is 6.07. The lowest BCUT2D eigenvalue weighted by Gasteiger charge is -2.27. The van der Waals surface area contributed by atoms with Gasteiger partial charge in [-0.25, -0.2) is 14.8 Å². The molecule has 2 aromatic carbocycles. The first kappa shape index (κ1) is 30.2. The molecule has 0 radical (unpaired) electrons. The van der Waals surface area contributed by atoms with Gasteiger partial charge in [-0.05, 0) is 64.1 Å². The van der Waals surface area contributed by atoms with Gasteiger partial charge in [-0.2, -0.15) is 13.2 Å². The molecule has 1 N–H and O–H groups in total. The highest BCUT2D eigenvalue weighted by Gasteiger charge is 2.30. The van der Waals surface area contributed by atoms with E-state index in [9.17, 15) is 22.8 Å². The molecule has 2 heterocycles. The number of rotatable bonds is 7. The molecule has 8 nitrogen and oxygen atoms in total. The van der Waals surface area contributed by atoms with Crippen LogP contribution in [-0.2, 0) is 17.3 Å². The van der Waals surface area contributed by atoms with Gasteiger partial charge in [0.2, 0.25) is 0 Å². The van der Waals surface area contributed by atoms with Gasteiger partial charge in [0.05, 0.1) is 16.8 Å². The average molecular weight is 578 g/mol. The van der Waals surface area contributed by atoms with Crippen molar-refractivity contribution in [1.82, 2.24) is 15.0 Å². The maximum absolute atomic E-state index is 13.3. The van der Waals surface area contributed by atoms with Gasteiger partial charge in [0.25, 0.3) is 5.91 Å². The minimum absolute atomic E-state index is 0.0962. The fraction of sp³-hybridized carbons (Fsp3) is 0.258. The first-order valence-corrected chi connectivity index (χ1v) is 13.1. The third kappa shape index (κ3) is 7.90. The smallest absolute Gasteiger partial charge is 0.416 e. The second kappa shape index (κ2) is 12.4. The Morgan fingerprint density at radius 2 is 1.64 bits per heavy atom. The number of carbonyl (C=O) groups excluding carboxylic acids is 2. The molecule has 0 aliphatic carbocycles. The number of halogens is 3. The maximum Gasteiger partial charge on any atom is 0.416 e. The first-order valence-electron chi connectivity index (χ1n) is 13.1. The van der Waals surface area contributed by atoms with E-state index in [0.717, 1.165) is 12.1 Å². The van der Waals surface area contributed by atoms with E-state index < -0.39 is 29.3 Å². The maximum atomic E-state index is 13.3. The second-order valence-electron chi connectivity index (χ2n) is 10.5. The van der Waals surface area contributed by atoms with E-state index in [1.165, 1.54) is 29.4 Å². The number of hydrogen-bond donors (Lipinski definition) is 1. The van der Waals surface area contributed by atoms with Crippen LogP contribution in [0, 0.1) is 6.92 Å². The van der Waals surface area contributed by atoms with Crippen molar-refractivity contribution in [3.05, 3.63) is 102 Å². The van der Waals surface area contributed by atoms with Crippen LogP contribution >= 0.6 is 0 Å². The number of nitrogens with one attached hydrogen (secondary N) is 1. The number of hydrogen-bond acceptors (Lipinski definition) is 6. The fourth-order valence-corrected chi connectivity index (χ4v) is 4.04. The summed E-state index contributed by atoms with van der Waals surface area (Å²) >= 11 is 0. The highest BCUT2D eigenvalue weighted by atomic mass is 19.4. The predicted octanol–water partition coefficient (Wildman–Crippen LogP) is 7.10. The highest BCUT2D eigenvalue weighted by Crippen LogP contribution is 2.31. The van der Waals surface area contributed by atoms with Gasteiger partial charge in [0.1, 0.15) is 11.4 Å². The molecule has 4 aromatic rings. The molecule has 0 bridgehead atoms. The van der Waals surface area contributed by atoms with Gasteiger partial charge in [0.15, 0.2) is 0 Å². The Morgan fingerprint density at radius 3 is 2.29 bits per heavy atom. The molecule has 0 spiro atoms. The minimum atomic E-state index is -4.48. The van der Waals surface area contributed by atoms with E-state index in [1.807, 2.05) is 30.3 Å². The Balaban J connectivity index is 1.52. The summed E-state index contributed by atoms with van der Waals surface area (Å²) in [6.45, 7) is 7.28. The summed E-state index contributed by atoms with van der Waals surface area (Å²) in [6.07, 6.45) is -1.74. The molecule has 218 valence electrons. The van der Waals surface area contributed by atoms with Gasteiger partial charge in [-0.3, -0.25) is 14.7 Å². The lowest BCUT2D eigenvalue weighted by molar-refractivity contribution is -0.137. The van der Waals surface area contributed by atoms with Crippen molar-refractivity contribution >= 4 is 23.4 Å². The van der Waals surface area contributed by atoms with Crippen molar-refractivity contribution in [2.75, 3.05) is 16.8 Å². The third-order valence-corrected chi connectivity index (χ3v) is 5.99. The van der Waals surface area contributed by atoms with Crippen LogP contribution in [0.3, 0.4) is 0 Å². The quantitative estimate of drug-likeness (QED) is 0.252. The average Bonchev–Trinajstić information content (AvgIpc) is 2.92. The Labute approximate surface area is 241 Å². The lowest BCUT2D eigenvalue weighted by Crippen LogP contribution is -2.38. The number of para-hydroxylation sites is 1. The lowest BCUT2D eigenvalue weighted by atomic mass is 10.0. The molecule has 0 unspecified atom stereocenters. The molecule has 0 saturated carbocycles.